The van der Waals surface area contributed by atoms with Gasteiger partial charge in [0, 0.05) is 6.07 Å². The fourth-order valence-electron chi connectivity index (χ4n) is 1.46. The SMILES string of the molecule is COc1ccc([I+]c2ccccc2)cc1C=O. The van der Waals surface area contributed by atoms with Gasteiger partial charge in [0.2, 0.25) is 0 Å². The number of hydrogen-bond acceptors (Lipinski definition) is 2. The van der Waals surface area contributed by atoms with Crippen molar-refractivity contribution in [3.8, 4) is 5.75 Å². The fraction of sp³-hybridized carbons (Fsp3) is 0.0714. The van der Waals surface area contributed by atoms with Gasteiger partial charge in [-0.1, -0.05) is 18.2 Å². The summed E-state index contributed by atoms with van der Waals surface area (Å²) in [7, 11) is 1.58. The first kappa shape index (κ1) is 12.1. The molecule has 0 spiro atoms. The van der Waals surface area contributed by atoms with Crippen LogP contribution in [-0.2, 0) is 0 Å². The van der Waals surface area contributed by atoms with Crippen LogP contribution in [0.4, 0.5) is 0 Å². The average Bonchev–Trinajstić information content (AvgIpc) is 2.40. The van der Waals surface area contributed by atoms with E-state index in [1.54, 1.807) is 7.11 Å². The van der Waals surface area contributed by atoms with Crippen LogP contribution in [0.25, 0.3) is 0 Å². The van der Waals surface area contributed by atoms with Gasteiger partial charge in [-0.25, -0.2) is 0 Å². The Bertz CT molecular complexity index is 509. The zero-order valence-electron chi connectivity index (χ0n) is 9.39. The van der Waals surface area contributed by atoms with Gasteiger partial charge < -0.3 is 4.74 Å². The number of hydrogen-bond donors (Lipinski definition) is 0. The predicted octanol–water partition coefficient (Wildman–Crippen LogP) is -0.364. The molecule has 0 aliphatic heterocycles. The van der Waals surface area contributed by atoms with E-state index >= 15 is 0 Å². The molecule has 0 radical (unpaired) electrons. The Morgan fingerprint density at radius 3 is 2.47 bits per heavy atom. The third kappa shape index (κ3) is 3.06. The summed E-state index contributed by atoms with van der Waals surface area (Å²) in [6.45, 7) is 0. The van der Waals surface area contributed by atoms with Crippen LogP contribution in [0, 0.1) is 7.14 Å². The van der Waals surface area contributed by atoms with Gasteiger partial charge >= 0.3 is 21.2 Å². The Morgan fingerprint density at radius 1 is 1.06 bits per heavy atom. The van der Waals surface area contributed by atoms with Gasteiger partial charge in [-0.3, -0.25) is 4.79 Å². The van der Waals surface area contributed by atoms with Crippen molar-refractivity contribution in [1.82, 2.24) is 0 Å². The van der Waals surface area contributed by atoms with Crippen LogP contribution >= 0.6 is 0 Å². The molecule has 0 unspecified atom stereocenters. The van der Waals surface area contributed by atoms with Crippen molar-refractivity contribution in [3.05, 3.63) is 61.2 Å². The second kappa shape index (κ2) is 5.82. The third-order valence-electron chi connectivity index (χ3n) is 2.27. The molecule has 0 amide bonds. The standard InChI is InChI=1S/C14H12IO2/c1-17-14-8-7-13(9-11(14)10-16)15-12-5-3-2-4-6-12/h2-10H,1H3/q+1. The number of carbonyl (C=O) groups is 1. The summed E-state index contributed by atoms with van der Waals surface area (Å²) in [6.07, 6.45) is 0.844. The first-order valence-electron chi connectivity index (χ1n) is 5.16. The second-order valence-corrected chi connectivity index (χ2v) is 6.42. The Balaban J connectivity index is 2.25. The lowest BCUT2D eigenvalue weighted by molar-refractivity contribution is -0.597. The minimum absolute atomic E-state index is 0.227. The van der Waals surface area contributed by atoms with Crippen LogP contribution in [-0.4, -0.2) is 13.4 Å². The highest BCUT2D eigenvalue weighted by atomic mass is 127. The number of carbonyl (C=O) groups excluding carboxylic acids is 1. The molecule has 0 heterocycles. The van der Waals surface area contributed by atoms with Crippen molar-refractivity contribution in [2.24, 2.45) is 0 Å². The molecule has 86 valence electrons. The van der Waals surface area contributed by atoms with E-state index in [1.807, 2.05) is 36.4 Å². The summed E-state index contributed by atoms with van der Waals surface area (Å²) in [5, 5.41) is 0. The van der Waals surface area contributed by atoms with Crippen LogP contribution in [0.5, 0.6) is 5.75 Å². The van der Waals surface area contributed by atoms with E-state index in [1.165, 1.54) is 7.14 Å². The molecule has 0 atom stereocenters. The lowest BCUT2D eigenvalue weighted by Gasteiger charge is -2.00. The first-order chi connectivity index (χ1) is 8.33. The zero-order valence-corrected chi connectivity index (χ0v) is 11.5. The fourth-order valence-corrected chi connectivity index (χ4v) is 3.80. The normalized spacial score (nSPS) is 9.94. The molecule has 17 heavy (non-hydrogen) atoms. The molecule has 0 N–H and O–H groups in total. The zero-order chi connectivity index (χ0) is 12.1. The molecule has 2 aromatic carbocycles. The van der Waals surface area contributed by atoms with Gasteiger partial charge in [0.05, 0.1) is 12.7 Å². The van der Waals surface area contributed by atoms with E-state index in [2.05, 4.69) is 12.1 Å². The third-order valence-corrected chi connectivity index (χ3v) is 4.91. The molecule has 0 bridgehead atoms. The highest BCUT2D eigenvalue weighted by Crippen LogP contribution is 2.14. The molecule has 2 rings (SSSR count). The van der Waals surface area contributed by atoms with E-state index in [4.69, 9.17) is 4.74 Å². The minimum atomic E-state index is -0.227. The van der Waals surface area contributed by atoms with E-state index in [9.17, 15) is 4.79 Å². The van der Waals surface area contributed by atoms with Gasteiger partial charge in [0.25, 0.3) is 0 Å². The predicted molar refractivity (Wildman–Crippen MR) is 62.2 cm³/mol. The highest BCUT2D eigenvalue weighted by Gasteiger charge is 2.16. The van der Waals surface area contributed by atoms with Crippen LogP contribution < -0.4 is 25.9 Å². The summed E-state index contributed by atoms with van der Waals surface area (Å²) in [5.74, 6) is 0.640. The molecule has 0 saturated heterocycles. The quantitative estimate of drug-likeness (QED) is 0.562. The van der Waals surface area contributed by atoms with Crippen molar-refractivity contribution in [2.75, 3.05) is 7.11 Å². The molecule has 3 heteroatoms. The van der Waals surface area contributed by atoms with Gasteiger partial charge in [-0.05, 0) is 24.3 Å². The summed E-state index contributed by atoms with van der Waals surface area (Å²) >= 11 is -0.227. The largest absolute Gasteiger partial charge is 0.496 e. The molecule has 0 saturated carbocycles. The number of ether oxygens (including phenoxy) is 1. The maximum absolute atomic E-state index is 10.9. The van der Waals surface area contributed by atoms with E-state index in [0.29, 0.717) is 11.3 Å². The lowest BCUT2D eigenvalue weighted by atomic mass is 10.2. The first-order valence-corrected chi connectivity index (χ1v) is 7.32. The molecular weight excluding hydrogens is 327 g/mol. The summed E-state index contributed by atoms with van der Waals surface area (Å²) in [6, 6.07) is 16.2. The Kier molecular flexibility index (Phi) is 4.14. The van der Waals surface area contributed by atoms with Crippen LogP contribution in [0.3, 0.4) is 0 Å². The van der Waals surface area contributed by atoms with Gasteiger partial charge in [0.1, 0.15) is 5.75 Å². The molecule has 0 aliphatic carbocycles. The lowest BCUT2D eigenvalue weighted by Crippen LogP contribution is -3.61. The number of rotatable bonds is 4. The van der Waals surface area contributed by atoms with Gasteiger partial charge in [-0.15, -0.1) is 0 Å². The van der Waals surface area contributed by atoms with E-state index in [-0.39, 0.29) is 21.2 Å². The van der Waals surface area contributed by atoms with Crippen LogP contribution in [0.1, 0.15) is 10.4 Å². The smallest absolute Gasteiger partial charge is 0.357 e. The maximum Gasteiger partial charge on any atom is 0.357 e. The van der Waals surface area contributed by atoms with Gasteiger partial charge in [0.15, 0.2) is 13.4 Å². The van der Waals surface area contributed by atoms with Crippen molar-refractivity contribution >= 4 is 6.29 Å². The average molecular weight is 339 g/mol. The highest BCUT2D eigenvalue weighted by molar-refractivity contribution is 5.78. The molecule has 0 aliphatic rings. The topological polar surface area (TPSA) is 26.3 Å². The van der Waals surface area contributed by atoms with E-state index in [0.717, 1.165) is 6.29 Å². The number of methoxy groups -OCH3 is 1. The Labute approximate surface area is 111 Å². The van der Waals surface area contributed by atoms with Gasteiger partial charge in [-0.2, -0.15) is 0 Å². The summed E-state index contributed by atoms with van der Waals surface area (Å²) in [5.41, 5.74) is 0.626. The van der Waals surface area contributed by atoms with Crippen LogP contribution in [0.15, 0.2) is 48.5 Å². The van der Waals surface area contributed by atoms with Crippen molar-refractivity contribution in [2.45, 2.75) is 0 Å². The summed E-state index contributed by atoms with van der Waals surface area (Å²) in [4.78, 5) is 10.9. The second-order valence-electron chi connectivity index (χ2n) is 3.39. The molecule has 0 fully saturated rings. The van der Waals surface area contributed by atoms with Crippen LogP contribution in [0.2, 0.25) is 0 Å². The molecule has 2 aromatic rings. The minimum Gasteiger partial charge on any atom is -0.496 e. The maximum atomic E-state index is 10.9. The number of aldehydes is 1. The Hall–Kier alpha value is -1.36. The molecular formula is C14H12IO2+. The van der Waals surface area contributed by atoms with Crippen molar-refractivity contribution in [1.29, 1.82) is 0 Å². The monoisotopic (exact) mass is 339 g/mol. The van der Waals surface area contributed by atoms with E-state index < -0.39 is 0 Å². The number of benzene rings is 2. The van der Waals surface area contributed by atoms with Crippen molar-refractivity contribution in [3.63, 3.8) is 0 Å². The Morgan fingerprint density at radius 2 is 1.82 bits per heavy atom. The summed E-state index contributed by atoms with van der Waals surface area (Å²) < 4.78 is 7.68. The van der Waals surface area contributed by atoms with Crippen molar-refractivity contribution < 1.29 is 30.7 Å². The number of halogens is 1. The molecule has 0 aromatic heterocycles. The molecule has 2 nitrogen and oxygen atoms in total.